The fourth-order valence-electron chi connectivity index (χ4n) is 1.51. The number of aliphatic hydroxyl groups excluding tert-OH is 1. The van der Waals surface area contributed by atoms with Crippen molar-refractivity contribution in [2.75, 3.05) is 39.3 Å². The summed E-state index contributed by atoms with van der Waals surface area (Å²) in [7, 11) is 0. The van der Waals surface area contributed by atoms with Crippen molar-refractivity contribution in [1.82, 2.24) is 9.80 Å². The van der Waals surface area contributed by atoms with Gasteiger partial charge in [0.1, 0.15) is 0 Å². The van der Waals surface area contributed by atoms with Crippen molar-refractivity contribution >= 4 is 5.96 Å². The van der Waals surface area contributed by atoms with Crippen molar-refractivity contribution < 1.29 is 5.11 Å². The number of aliphatic hydroxyl groups is 1. The average molecular weight is 186 g/mol. The van der Waals surface area contributed by atoms with Crippen molar-refractivity contribution in [2.24, 2.45) is 5.73 Å². The summed E-state index contributed by atoms with van der Waals surface area (Å²) in [5.74, 6) is 0.168. The maximum absolute atomic E-state index is 8.65. The highest BCUT2D eigenvalue weighted by atomic mass is 16.3. The Bertz CT molecular complexity index is 166. The van der Waals surface area contributed by atoms with Gasteiger partial charge < -0.3 is 15.7 Å². The van der Waals surface area contributed by atoms with Gasteiger partial charge in [-0.25, -0.2) is 0 Å². The highest BCUT2D eigenvalue weighted by Crippen LogP contribution is 2.00. The monoisotopic (exact) mass is 186 g/mol. The van der Waals surface area contributed by atoms with Crippen LogP contribution in [-0.4, -0.2) is 60.2 Å². The minimum Gasteiger partial charge on any atom is -0.396 e. The Kier molecular flexibility index (Phi) is 3.98. The maximum Gasteiger partial charge on any atom is 0.188 e. The third-order valence-corrected chi connectivity index (χ3v) is 2.35. The first-order valence-electron chi connectivity index (χ1n) is 4.66. The van der Waals surface area contributed by atoms with Crippen LogP contribution in [0, 0.1) is 5.41 Å². The first-order chi connectivity index (χ1) is 6.24. The smallest absolute Gasteiger partial charge is 0.188 e. The summed E-state index contributed by atoms with van der Waals surface area (Å²) in [5, 5.41) is 15.9. The number of nitrogens with one attached hydrogen (secondary N) is 1. The zero-order valence-corrected chi connectivity index (χ0v) is 7.87. The molecule has 0 unspecified atom stereocenters. The van der Waals surface area contributed by atoms with Gasteiger partial charge in [0.2, 0.25) is 0 Å². The Morgan fingerprint density at radius 2 is 1.92 bits per heavy atom. The van der Waals surface area contributed by atoms with Crippen LogP contribution in [0.2, 0.25) is 0 Å². The van der Waals surface area contributed by atoms with E-state index < -0.39 is 0 Å². The average Bonchev–Trinajstić information content (AvgIpc) is 2.15. The van der Waals surface area contributed by atoms with E-state index in [4.69, 9.17) is 16.2 Å². The van der Waals surface area contributed by atoms with Gasteiger partial charge >= 0.3 is 0 Å². The summed E-state index contributed by atoms with van der Waals surface area (Å²) < 4.78 is 0. The summed E-state index contributed by atoms with van der Waals surface area (Å²) in [4.78, 5) is 4.16. The molecule has 4 N–H and O–H groups in total. The second-order valence-electron chi connectivity index (χ2n) is 3.29. The third kappa shape index (κ3) is 3.20. The number of guanidine groups is 1. The molecule has 0 bridgehead atoms. The zero-order valence-electron chi connectivity index (χ0n) is 7.87. The number of hydrogen-bond acceptors (Lipinski definition) is 3. The Balaban J connectivity index is 2.18. The molecule has 1 aliphatic heterocycles. The second kappa shape index (κ2) is 5.04. The molecule has 0 radical (unpaired) electrons. The Labute approximate surface area is 78.6 Å². The molecular weight excluding hydrogens is 168 g/mol. The predicted molar refractivity (Wildman–Crippen MR) is 51.6 cm³/mol. The third-order valence-electron chi connectivity index (χ3n) is 2.35. The number of rotatable bonds is 3. The van der Waals surface area contributed by atoms with Crippen molar-refractivity contribution in [3.8, 4) is 0 Å². The van der Waals surface area contributed by atoms with Gasteiger partial charge in [-0.2, -0.15) is 0 Å². The van der Waals surface area contributed by atoms with Gasteiger partial charge in [0.05, 0.1) is 0 Å². The Morgan fingerprint density at radius 3 is 2.38 bits per heavy atom. The van der Waals surface area contributed by atoms with Crippen LogP contribution < -0.4 is 5.73 Å². The molecule has 0 aromatic rings. The Morgan fingerprint density at radius 1 is 1.31 bits per heavy atom. The molecule has 5 heteroatoms. The lowest BCUT2D eigenvalue weighted by molar-refractivity contribution is 0.165. The number of piperazine rings is 1. The molecule has 1 heterocycles. The van der Waals surface area contributed by atoms with Crippen LogP contribution in [0.4, 0.5) is 0 Å². The predicted octanol–water partition coefficient (Wildman–Crippen LogP) is -1.12. The largest absolute Gasteiger partial charge is 0.396 e. The molecule has 1 aliphatic rings. The van der Waals surface area contributed by atoms with Crippen molar-refractivity contribution in [3.05, 3.63) is 0 Å². The summed E-state index contributed by atoms with van der Waals surface area (Å²) in [6.45, 7) is 4.76. The van der Waals surface area contributed by atoms with Crippen molar-refractivity contribution in [2.45, 2.75) is 6.42 Å². The van der Waals surface area contributed by atoms with E-state index in [0.29, 0.717) is 0 Å². The van der Waals surface area contributed by atoms with Crippen molar-refractivity contribution in [3.63, 3.8) is 0 Å². The van der Waals surface area contributed by atoms with Crippen molar-refractivity contribution in [1.29, 1.82) is 5.41 Å². The summed E-state index contributed by atoms with van der Waals surface area (Å²) in [6.07, 6.45) is 0.833. The van der Waals surface area contributed by atoms with E-state index in [0.717, 1.165) is 39.1 Å². The molecule has 76 valence electrons. The fourth-order valence-corrected chi connectivity index (χ4v) is 1.51. The van der Waals surface area contributed by atoms with Gasteiger partial charge in [0, 0.05) is 39.3 Å². The van der Waals surface area contributed by atoms with Crippen LogP contribution in [0.25, 0.3) is 0 Å². The summed E-state index contributed by atoms with van der Waals surface area (Å²) in [6, 6.07) is 0. The lowest BCUT2D eigenvalue weighted by atomic mass is 10.3. The normalized spacial score (nSPS) is 19.0. The van der Waals surface area contributed by atoms with Gasteiger partial charge in [0.15, 0.2) is 5.96 Å². The van der Waals surface area contributed by atoms with E-state index in [1.165, 1.54) is 0 Å². The number of hydrogen-bond donors (Lipinski definition) is 3. The van der Waals surface area contributed by atoms with Gasteiger partial charge in [-0.3, -0.25) is 10.3 Å². The van der Waals surface area contributed by atoms with E-state index in [9.17, 15) is 0 Å². The van der Waals surface area contributed by atoms with Crippen LogP contribution in [0.5, 0.6) is 0 Å². The van der Waals surface area contributed by atoms with Gasteiger partial charge in [0.25, 0.3) is 0 Å². The minimum atomic E-state index is 0.168. The molecule has 13 heavy (non-hydrogen) atoms. The highest BCUT2D eigenvalue weighted by Gasteiger charge is 2.16. The second-order valence-corrected chi connectivity index (χ2v) is 3.29. The van der Waals surface area contributed by atoms with E-state index >= 15 is 0 Å². The highest BCUT2D eigenvalue weighted by molar-refractivity contribution is 5.74. The molecule has 0 amide bonds. The zero-order chi connectivity index (χ0) is 9.68. The van der Waals surface area contributed by atoms with Gasteiger partial charge in [-0.15, -0.1) is 0 Å². The molecule has 0 spiro atoms. The number of nitrogens with two attached hydrogens (primary N) is 1. The van der Waals surface area contributed by atoms with Gasteiger partial charge in [-0.1, -0.05) is 0 Å². The first-order valence-corrected chi connectivity index (χ1v) is 4.66. The molecule has 1 fully saturated rings. The van der Waals surface area contributed by atoms with Crippen LogP contribution in [0.1, 0.15) is 6.42 Å². The fraction of sp³-hybridized carbons (Fsp3) is 0.875. The topological polar surface area (TPSA) is 76.6 Å². The Hall–Kier alpha value is -0.810. The summed E-state index contributed by atoms with van der Waals surface area (Å²) in [5.41, 5.74) is 5.36. The molecule has 0 aliphatic carbocycles. The van der Waals surface area contributed by atoms with E-state index in [1.54, 1.807) is 0 Å². The van der Waals surface area contributed by atoms with Crippen LogP contribution in [0.15, 0.2) is 0 Å². The number of nitrogens with zero attached hydrogens (tertiary/aromatic N) is 2. The molecule has 0 atom stereocenters. The van der Waals surface area contributed by atoms with Crippen LogP contribution >= 0.6 is 0 Å². The van der Waals surface area contributed by atoms with Crippen LogP contribution in [-0.2, 0) is 0 Å². The molecule has 0 aromatic carbocycles. The standard InChI is InChI=1S/C8H18N4O/c9-8(10)12-5-3-11(4-6-12)2-1-7-13/h13H,1-7H2,(H3,9,10). The van der Waals surface area contributed by atoms with Gasteiger partial charge in [-0.05, 0) is 6.42 Å². The van der Waals surface area contributed by atoms with E-state index in [1.807, 2.05) is 4.90 Å². The molecule has 1 saturated heterocycles. The molecular formula is C8H18N4O. The molecule has 0 aromatic heterocycles. The molecule has 5 nitrogen and oxygen atoms in total. The maximum atomic E-state index is 8.65. The quantitative estimate of drug-likeness (QED) is 0.385. The lowest BCUT2D eigenvalue weighted by Gasteiger charge is -2.34. The van der Waals surface area contributed by atoms with E-state index in [-0.39, 0.29) is 12.6 Å². The minimum absolute atomic E-state index is 0.168. The lowest BCUT2D eigenvalue weighted by Crippen LogP contribution is -2.50. The molecule has 1 rings (SSSR count). The SMILES string of the molecule is N=C(N)N1CCN(CCCO)CC1. The van der Waals surface area contributed by atoms with Crippen LogP contribution in [0.3, 0.4) is 0 Å². The van der Waals surface area contributed by atoms with E-state index in [2.05, 4.69) is 4.90 Å². The first kappa shape index (κ1) is 10.3. The molecule has 0 saturated carbocycles. The summed E-state index contributed by atoms with van der Waals surface area (Å²) >= 11 is 0.